The Labute approximate surface area is 178 Å². The van der Waals surface area contributed by atoms with Crippen LogP contribution in [0.15, 0.2) is 24.4 Å². The number of carbonyl (C=O) groups is 1. The summed E-state index contributed by atoms with van der Waals surface area (Å²) in [6, 6.07) is 6.73. The highest BCUT2D eigenvalue weighted by Gasteiger charge is 2.29. The van der Waals surface area contributed by atoms with Gasteiger partial charge in [-0.1, -0.05) is 12.5 Å². The van der Waals surface area contributed by atoms with E-state index < -0.39 is 0 Å². The molecule has 3 saturated heterocycles. The number of amides is 1. The van der Waals surface area contributed by atoms with Gasteiger partial charge < -0.3 is 18.9 Å². The zero-order valence-corrected chi connectivity index (χ0v) is 17.8. The molecular formula is C23H33N5O2. The standard InChI is InChI=1S/C23H33N5O2/c29-23(27-14-16-30-17-15-27)22-20(28-11-5-2-6-21(28)24-22)18-25-12-7-19(8-13-25)26-9-3-1-4-10-26/h2,5-6,11,19H,1,3-4,7-10,12-18H2. The maximum Gasteiger partial charge on any atom is 0.274 e. The van der Waals surface area contributed by atoms with Crippen molar-refractivity contribution in [2.45, 2.75) is 44.7 Å². The first-order valence-electron chi connectivity index (χ1n) is 11.6. The van der Waals surface area contributed by atoms with E-state index in [2.05, 4.69) is 14.2 Å². The Balaban J connectivity index is 1.32. The van der Waals surface area contributed by atoms with Crippen molar-refractivity contribution in [1.82, 2.24) is 24.1 Å². The lowest BCUT2D eigenvalue weighted by atomic mass is 10.00. The van der Waals surface area contributed by atoms with Gasteiger partial charge in [0.1, 0.15) is 5.65 Å². The highest BCUT2D eigenvalue weighted by molar-refractivity contribution is 5.94. The average molecular weight is 412 g/mol. The molecule has 2 aromatic heterocycles. The Morgan fingerprint density at radius 2 is 1.77 bits per heavy atom. The van der Waals surface area contributed by atoms with Gasteiger partial charge in [-0.2, -0.15) is 0 Å². The second-order valence-corrected chi connectivity index (χ2v) is 8.84. The molecule has 7 nitrogen and oxygen atoms in total. The number of morpholine rings is 1. The molecule has 3 aliphatic heterocycles. The van der Waals surface area contributed by atoms with E-state index in [0.717, 1.165) is 37.0 Å². The normalized spacial score (nSPS) is 22.6. The number of pyridine rings is 1. The van der Waals surface area contributed by atoms with E-state index in [1.807, 2.05) is 29.3 Å². The number of likely N-dealkylation sites (tertiary alicyclic amines) is 2. The molecule has 30 heavy (non-hydrogen) atoms. The predicted molar refractivity (Wildman–Crippen MR) is 116 cm³/mol. The maximum absolute atomic E-state index is 13.3. The van der Waals surface area contributed by atoms with Crippen LogP contribution in [0.1, 0.15) is 48.3 Å². The molecule has 0 N–H and O–H groups in total. The third-order valence-electron chi connectivity index (χ3n) is 6.97. The average Bonchev–Trinajstić information content (AvgIpc) is 3.18. The first kappa shape index (κ1) is 20.0. The first-order chi connectivity index (χ1) is 14.8. The summed E-state index contributed by atoms with van der Waals surface area (Å²) in [5, 5.41) is 0. The largest absolute Gasteiger partial charge is 0.378 e. The smallest absolute Gasteiger partial charge is 0.274 e. The highest BCUT2D eigenvalue weighted by Crippen LogP contribution is 2.24. The van der Waals surface area contributed by atoms with Crippen LogP contribution in [0.2, 0.25) is 0 Å². The van der Waals surface area contributed by atoms with Crippen molar-refractivity contribution in [3.05, 3.63) is 35.8 Å². The fourth-order valence-electron chi connectivity index (χ4n) is 5.22. The zero-order chi connectivity index (χ0) is 20.3. The number of piperidine rings is 2. The number of ether oxygens (including phenoxy) is 1. The molecule has 0 atom stereocenters. The number of carbonyl (C=O) groups excluding carboxylic acids is 1. The molecule has 0 aliphatic carbocycles. The molecule has 3 fully saturated rings. The van der Waals surface area contributed by atoms with Gasteiger partial charge in [0, 0.05) is 45.0 Å². The van der Waals surface area contributed by atoms with E-state index in [1.165, 1.54) is 45.2 Å². The van der Waals surface area contributed by atoms with Gasteiger partial charge >= 0.3 is 0 Å². The number of hydrogen-bond acceptors (Lipinski definition) is 5. The summed E-state index contributed by atoms with van der Waals surface area (Å²) in [5.41, 5.74) is 2.49. The summed E-state index contributed by atoms with van der Waals surface area (Å²) in [7, 11) is 0. The molecule has 0 bridgehead atoms. The molecule has 5 heterocycles. The molecular weight excluding hydrogens is 378 g/mol. The van der Waals surface area contributed by atoms with Crippen LogP contribution in [0.25, 0.3) is 5.65 Å². The molecule has 0 saturated carbocycles. The summed E-state index contributed by atoms with van der Waals surface area (Å²) in [6.45, 7) is 8.02. The van der Waals surface area contributed by atoms with Crippen LogP contribution in [0.4, 0.5) is 0 Å². The Kier molecular flexibility index (Phi) is 6.02. The number of aromatic nitrogens is 2. The van der Waals surface area contributed by atoms with Crippen LogP contribution >= 0.6 is 0 Å². The highest BCUT2D eigenvalue weighted by atomic mass is 16.5. The number of nitrogens with zero attached hydrogens (tertiary/aromatic N) is 5. The quantitative estimate of drug-likeness (QED) is 0.773. The van der Waals surface area contributed by atoms with Crippen molar-refractivity contribution < 1.29 is 9.53 Å². The summed E-state index contributed by atoms with van der Waals surface area (Å²) >= 11 is 0. The Hall–Kier alpha value is -1.96. The van der Waals surface area contributed by atoms with E-state index in [0.29, 0.717) is 32.0 Å². The van der Waals surface area contributed by atoms with Gasteiger partial charge in [0.2, 0.25) is 0 Å². The molecule has 1 amide bonds. The second-order valence-electron chi connectivity index (χ2n) is 8.84. The monoisotopic (exact) mass is 411 g/mol. The molecule has 5 rings (SSSR count). The lowest BCUT2D eigenvalue weighted by molar-refractivity contribution is 0.0297. The van der Waals surface area contributed by atoms with Crippen molar-refractivity contribution in [2.24, 2.45) is 0 Å². The van der Waals surface area contributed by atoms with Crippen molar-refractivity contribution in [3.63, 3.8) is 0 Å². The van der Waals surface area contributed by atoms with Gasteiger partial charge in [0.05, 0.1) is 18.9 Å². The summed E-state index contributed by atoms with van der Waals surface area (Å²) in [5.74, 6) is 0.0419. The molecule has 0 unspecified atom stereocenters. The maximum atomic E-state index is 13.3. The minimum Gasteiger partial charge on any atom is -0.378 e. The topological polar surface area (TPSA) is 53.3 Å². The Morgan fingerprint density at radius 3 is 2.53 bits per heavy atom. The Bertz CT molecular complexity index is 862. The van der Waals surface area contributed by atoms with E-state index in [-0.39, 0.29) is 5.91 Å². The fourth-order valence-corrected chi connectivity index (χ4v) is 5.22. The van der Waals surface area contributed by atoms with Gasteiger partial charge in [-0.3, -0.25) is 9.69 Å². The van der Waals surface area contributed by atoms with Crippen molar-refractivity contribution in [3.8, 4) is 0 Å². The van der Waals surface area contributed by atoms with Gasteiger partial charge in [-0.05, 0) is 50.9 Å². The van der Waals surface area contributed by atoms with Crippen LogP contribution < -0.4 is 0 Å². The third kappa shape index (κ3) is 4.11. The fraction of sp³-hybridized carbons (Fsp3) is 0.652. The van der Waals surface area contributed by atoms with Crippen molar-refractivity contribution in [1.29, 1.82) is 0 Å². The first-order valence-corrected chi connectivity index (χ1v) is 11.6. The van der Waals surface area contributed by atoms with Crippen molar-refractivity contribution >= 4 is 11.6 Å². The molecule has 7 heteroatoms. The zero-order valence-electron chi connectivity index (χ0n) is 17.8. The summed E-state index contributed by atoms with van der Waals surface area (Å²) in [6.07, 6.45) is 8.59. The molecule has 3 aliphatic rings. The molecule has 2 aromatic rings. The molecule has 162 valence electrons. The minimum absolute atomic E-state index is 0.0419. The van der Waals surface area contributed by atoms with E-state index in [1.54, 1.807) is 0 Å². The van der Waals surface area contributed by atoms with E-state index in [4.69, 9.17) is 9.72 Å². The number of imidazole rings is 1. The van der Waals surface area contributed by atoms with E-state index >= 15 is 0 Å². The number of hydrogen-bond donors (Lipinski definition) is 0. The SMILES string of the molecule is O=C(c1nc2ccccn2c1CN1CCC(N2CCCCC2)CC1)N1CCOCC1. The molecule has 0 radical (unpaired) electrons. The van der Waals surface area contributed by atoms with Gasteiger partial charge in [-0.15, -0.1) is 0 Å². The number of fused-ring (bicyclic) bond motifs is 1. The van der Waals surface area contributed by atoms with Gasteiger partial charge in [0.25, 0.3) is 5.91 Å². The minimum atomic E-state index is 0.0419. The third-order valence-corrected chi connectivity index (χ3v) is 6.97. The lowest BCUT2D eigenvalue weighted by Crippen LogP contribution is -2.46. The number of rotatable bonds is 4. The van der Waals surface area contributed by atoms with Gasteiger partial charge in [0.15, 0.2) is 5.69 Å². The van der Waals surface area contributed by atoms with Crippen LogP contribution in [-0.4, -0.2) is 88.5 Å². The Morgan fingerprint density at radius 1 is 1.00 bits per heavy atom. The van der Waals surface area contributed by atoms with Crippen LogP contribution in [0.3, 0.4) is 0 Å². The lowest BCUT2D eigenvalue weighted by Gasteiger charge is -2.40. The van der Waals surface area contributed by atoms with Crippen LogP contribution in [0.5, 0.6) is 0 Å². The summed E-state index contributed by atoms with van der Waals surface area (Å²) < 4.78 is 7.53. The van der Waals surface area contributed by atoms with Crippen molar-refractivity contribution in [2.75, 3.05) is 52.5 Å². The summed E-state index contributed by atoms with van der Waals surface area (Å²) in [4.78, 5) is 25.1. The predicted octanol–water partition coefficient (Wildman–Crippen LogP) is 2.26. The molecule has 0 aromatic carbocycles. The molecule has 0 spiro atoms. The second kappa shape index (κ2) is 9.04. The van der Waals surface area contributed by atoms with Gasteiger partial charge in [-0.25, -0.2) is 4.98 Å². The van der Waals surface area contributed by atoms with E-state index in [9.17, 15) is 4.79 Å². The van der Waals surface area contributed by atoms with Crippen LogP contribution in [-0.2, 0) is 11.3 Å². The van der Waals surface area contributed by atoms with Crippen LogP contribution in [0, 0.1) is 0 Å².